The van der Waals surface area contributed by atoms with E-state index in [1.807, 2.05) is 13.0 Å². The van der Waals surface area contributed by atoms with E-state index in [9.17, 15) is 14.9 Å². The van der Waals surface area contributed by atoms with Gasteiger partial charge in [0.15, 0.2) is 5.13 Å². The number of benzene rings is 2. The molecule has 1 fully saturated rings. The average Bonchev–Trinajstić information content (AvgIpc) is 3.22. The Morgan fingerprint density at radius 3 is 2.82 bits per heavy atom. The number of aryl methyl sites for hydroxylation is 2. The Morgan fingerprint density at radius 2 is 2.06 bits per heavy atom. The maximum absolute atomic E-state index is 13.3. The fraction of sp³-hybridized carbons (Fsp3) is 0.333. The van der Waals surface area contributed by atoms with Crippen LogP contribution in [0.2, 0.25) is 0 Å². The Hall–Kier alpha value is -3.14. The van der Waals surface area contributed by atoms with E-state index in [1.54, 1.807) is 23.1 Å². The zero-order valence-electron chi connectivity index (χ0n) is 18.7. The van der Waals surface area contributed by atoms with Crippen LogP contribution in [0, 0.1) is 24.0 Å². The first-order valence-electron chi connectivity index (χ1n) is 10.8. The van der Waals surface area contributed by atoms with Gasteiger partial charge in [-0.1, -0.05) is 29.5 Å². The van der Waals surface area contributed by atoms with Gasteiger partial charge in [0, 0.05) is 44.4 Å². The van der Waals surface area contributed by atoms with E-state index in [1.165, 1.54) is 29.5 Å². The SMILES string of the molecule is Cc1cc(C)c2sc(N(CCN3CCOCC3)C(=O)/C=C/c3cccc([N+](=O)[O-])c3)nc2c1. The molecule has 0 aliphatic carbocycles. The molecule has 8 nitrogen and oxygen atoms in total. The molecular formula is C24H26N4O4S. The molecule has 2 heterocycles. The minimum absolute atomic E-state index is 0.00853. The number of nitro groups is 1. The van der Waals surface area contributed by atoms with E-state index in [0.29, 0.717) is 37.0 Å². The highest BCUT2D eigenvalue weighted by Crippen LogP contribution is 2.32. The number of hydrogen-bond acceptors (Lipinski definition) is 7. The van der Waals surface area contributed by atoms with Crippen LogP contribution in [-0.2, 0) is 9.53 Å². The molecule has 4 rings (SSSR count). The van der Waals surface area contributed by atoms with Crippen molar-refractivity contribution in [3.05, 3.63) is 69.3 Å². The minimum Gasteiger partial charge on any atom is -0.379 e. The monoisotopic (exact) mass is 466 g/mol. The van der Waals surface area contributed by atoms with Crippen molar-refractivity contribution in [2.75, 3.05) is 44.3 Å². The van der Waals surface area contributed by atoms with Crippen molar-refractivity contribution >= 4 is 44.4 Å². The lowest BCUT2D eigenvalue weighted by atomic mass is 10.1. The maximum atomic E-state index is 13.3. The van der Waals surface area contributed by atoms with Crippen LogP contribution in [0.15, 0.2) is 42.5 Å². The summed E-state index contributed by atoms with van der Waals surface area (Å²) in [5.74, 6) is -0.205. The number of thiazole rings is 1. The second-order valence-electron chi connectivity index (χ2n) is 8.06. The van der Waals surface area contributed by atoms with Crippen molar-refractivity contribution in [1.29, 1.82) is 0 Å². The van der Waals surface area contributed by atoms with E-state index in [-0.39, 0.29) is 11.6 Å². The van der Waals surface area contributed by atoms with Crippen molar-refractivity contribution < 1.29 is 14.5 Å². The summed E-state index contributed by atoms with van der Waals surface area (Å²) in [6.07, 6.45) is 3.07. The van der Waals surface area contributed by atoms with Gasteiger partial charge in [0.2, 0.25) is 0 Å². The number of aromatic nitrogens is 1. The number of nitrogens with zero attached hydrogens (tertiary/aromatic N) is 4. The molecule has 0 spiro atoms. The van der Waals surface area contributed by atoms with Crippen LogP contribution in [0.5, 0.6) is 0 Å². The molecule has 0 N–H and O–H groups in total. The molecule has 0 radical (unpaired) electrons. The molecule has 1 amide bonds. The van der Waals surface area contributed by atoms with Crippen molar-refractivity contribution in [3.8, 4) is 0 Å². The van der Waals surface area contributed by atoms with Crippen LogP contribution < -0.4 is 4.90 Å². The number of carbonyl (C=O) groups excluding carboxylic acids is 1. The number of carbonyl (C=O) groups is 1. The number of ether oxygens (including phenoxy) is 1. The zero-order valence-corrected chi connectivity index (χ0v) is 19.5. The lowest BCUT2D eigenvalue weighted by molar-refractivity contribution is -0.384. The van der Waals surface area contributed by atoms with Gasteiger partial charge in [-0.15, -0.1) is 0 Å². The number of nitro benzene ring substituents is 1. The molecule has 0 unspecified atom stereocenters. The summed E-state index contributed by atoms with van der Waals surface area (Å²) >= 11 is 1.51. The second-order valence-corrected chi connectivity index (χ2v) is 9.03. The number of rotatable bonds is 7. The Morgan fingerprint density at radius 1 is 1.27 bits per heavy atom. The van der Waals surface area contributed by atoms with Crippen LogP contribution >= 0.6 is 11.3 Å². The lowest BCUT2D eigenvalue weighted by Gasteiger charge is -2.28. The Bertz CT molecular complexity index is 1200. The largest absolute Gasteiger partial charge is 0.379 e. The molecule has 0 atom stereocenters. The molecule has 172 valence electrons. The number of hydrogen-bond donors (Lipinski definition) is 0. The van der Waals surface area contributed by atoms with Crippen LogP contribution in [-0.4, -0.2) is 60.1 Å². The standard InChI is InChI=1S/C24H26N4O4S/c1-17-14-18(2)23-21(15-17)25-24(33-23)27(9-8-26-10-12-32-13-11-26)22(29)7-6-19-4-3-5-20(16-19)28(30)31/h3-7,14-16H,8-13H2,1-2H3/b7-6+. The van der Waals surface area contributed by atoms with Crippen molar-refractivity contribution in [1.82, 2.24) is 9.88 Å². The summed E-state index contributed by atoms with van der Waals surface area (Å²) in [6.45, 7) is 8.37. The summed E-state index contributed by atoms with van der Waals surface area (Å²) in [5.41, 5.74) is 3.75. The topological polar surface area (TPSA) is 88.8 Å². The van der Waals surface area contributed by atoms with Crippen LogP contribution in [0.3, 0.4) is 0 Å². The third-order valence-electron chi connectivity index (χ3n) is 5.55. The Kier molecular flexibility index (Phi) is 7.12. The smallest absolute Gasteiger partial charge is 0.270 e. The maximum Gasteiger partial charge on any atom is 0.270 e. The van der Waals surface area contributed by atoms with Gasteiger partial charge < -0.3 is 4.74 Å². The minimum atomic E-state index is -0.445. The number of anilines is 1. The van der Waals surface area contributed by atoms with Crippen LogP contribution in [0.25, 0.3) is 16.3 Å². The number of amides is 1. The first-order valence-corrected chi connectivity index (χ1v) is 11.6. The summed E-state index contributed by atoms with van der Waals surface area (Å²) in [7, 11) is 0. The summed E-state index contributed by atoms with van der Waals surface area (Å²) in [6, 6.07) is 10.4. The third-order valence-corrected chi connectivity index (χ3v) is 6.78. The average molecular weight is 467 g/mol. The quantitative estimate of drug-likeness (QED) is 0.295. The molecule has 0 bridgehead atoms. The molecule has 1 aliphatic rings. The number of morpholine rings is 1. The summed E-state index contributed by atoms with van der Waals surface area (Å²) < 4.78 is 6.50. The third kappa shape index (κ3) is 5.62. The fourth-order valence-electron chi connectivity index (χ4n) is 3.85. The molecule has 1 aromatic heterocycles. The van der Waals surface area contributed by atoms with E-state index in [4.69, 9.17) is 9.72 Å². The molecule has 2 aromatic carbocycles. The van der Waals surface area contributed by atoms with Gasteiger partial charge in [-0.25, -0.2) is 4.98 Å². The summed E-state index contributed by atoms with van der Waals surface area (Å²) in [5, 5.41) is 11.7. The van der Waals surface area contributed by atoms with E-state index in [2.05, 4.69) is 17.9 Å². The van der Waals surface area contributed by atoms with Gasteiger partial charge in [0.25, 0.3) is 11.6 Å². The van der Waals surface area contributed by atoms with Gasteiger partial charge in [-0.05, 0) is 42.7 Å². The van der Waals surface area contributed by atoms with Gasteiger partial charge in [-0.2, -0.15) is 0 Å². The fourth-order valence-corrected chi connectivity index (χ4v) is 4.89. The molecule has 33 heavy (non-hydrogen) atoms. The van der Waals surface area contributed by atoms with Gasteiger partial charge >= 0.3 is 0 Å². The van der Waals surface area contributed by atoms with Crippen LogP contribution in [0.4, 0.5) is 10.8 Å². The predicted octanol–water partition coefficient (Wildman–Crippen LogP) is 4.20. The van der Waals surface area contributed by atoms with E-state index in [0.717, 1.165) is 34.4 Å². The molecule has 1 saturated heterocycles. The first kappa shape index (κ1) is 23.0. The first-order chi connectivity index (χ1) is 15.9. The zero-order chi connectivity index (χ0) is 23.4. The van der Waals surface area contributed by atoms with Crippen LogP contribution in [0.1, 0.15) is 16.7 Å². The van der Waals surface area contributed by atoms with E-state index >= 15 is 0 Å². The highest BCUT2D eigenvalue weighted by Gasteiger charge is 2.21. The van der Waals surface area contributed by atoms with Gasteiger partial charge in [0.1, 0.15) is 0 Å². The molecule has 3 aromatic rings. The van der Waals surface area contributed by atoms with Crippen molar-refractivity contribution in [2.24, 2.45) is 0 Å². The second kappa shape index (κ2) is 10.2. The molecule has 9 heteroatoms. The summed E-state index contributed by atoms with van der Waals surface area (Å²) in [4.78, 5) is 32.6. The molecule has 1 aliphatic heterocycles. The normalized spacial score (nSPS) is 14.7. The van der Waals surface area contributed by atoms with Crippen molar-refractivity contribution in [2.45, 2.75) is 13.8 Å². The molecular weight excluding hydrogens is 440 g/mol. The molecule has 0 saturated carbocycles. The van der Waals surface area contributed by atoms with E-state index < -0.39 is 4.92 Å². The number of non-ortho nitro benzene ring substituents is 1. The Labute approximate surface area is 196 Å². The highest BCUT2D eigenvalue weighted by molar-refractivity contribution is 7.22. The Balaban J connectivity index is 1.60. The number of fused-ring (bicyclic) bond motifs is 1. The van der Waals surface area contributed by atoms with Crippen molar-refractivity contribution in [3.63, 3.8) is 0 Å². The highest BCUT2D eigenvalue weighted by atomic mass is 32.1. The van der Waals surface area contributed by atoms with Gasteiger partial charge in [0.05, 0.1) is 28.4 Å². The predicted molar refractivity (Wildman–Crippen MR) is 131 cm³/mol. The lowest BCUT2D eigenvalue weighted by Crippen LogP contribution is -2.42. The van der Waals surface area contributed by atoms with Gasteiger partial charge in [-0.3, -0.25) is 24.7 Å².